The minimum absolute atomic E-state index is 0.181. The molecule has 0 aromatic heterocycles. The van der Waals surface area contributed by atoms with Crippen molar-refractivity contribution in [3.05, 3.63) is 0 Å². The lowest BCUT2D eigenvalue weighted by Gasteiger charge is -2.03. The number of hydrogen-bond donors (Lipinski definition) is 0. The predicted octanol–water partition coefficient (Wildman–Crippen LogP) is 2.18. The zero-order valence-electron chi connectivity index (χ0n) is 6.99. The summed E-state index contributed by atoms with van der Waals surface area (Å²) < 4.78 is 34.8. The van der Waals surface area contributed by atoms with E-state index < -0.39 is 18.4 Å². The highest BCUT2D eigenvalue weighted by atomic mass is 19.4. The molecule has 0 aromatic rings. The molecular weight excluding hydrogens is 185 g/mol. The minimum Gasteiger partial charge on any atom is -0.291 e. The molecule has 1 radical (unpaired) electrons. The van der Waals surface area contributed by atoms with Crippen molar-refractivity contribution in [1.29, 1.82) is 0 Å². The number of rotatable bonds is 6. The standard InChI is InChI=1S/C8H10F3O2/c9-8(10,11)7(13)5-3-1-2-4-6-12/h1-5H2. The van der Waals surface area contributed by atoms with Crippen LogP contribution in [0.1, 0.15) is 32.1 Å². The van der Waals surface area contributed by atoms with E-state index in [2.05, 4.69) is 0 Å². The summed E-state index contributed by atoms with van der Waals surface area (Å²) in [7, 11) is 0. The number of carbonyl (C=O) groups excluding carboxylic acids is 2. The Bertz CT molecular complexity index is 175. The van der Waals surface area contributed by atoms with Gasteiger partial charge in [-0.15, -0.1) is 0 Å². The zero-order valence-corrected chi connectivity index (χ0v) is 6.99. The molecule has 0 fully saturated rings. The maximum atomic E-state index is 11.6. The van der Waals surface area contributed by atoms with Crippen molar-refractivity contribution in [3.63, 3.8) is 0 Å². The van der Waals surface area contributed by atoms with Crippen LogP contribution in [0.15, 0.2) is 0 Å². The van der Waals surface area contributed by atoms with Crippen molar-refractivity contribution in [2.24, 2.45) is 0 Å². The minimum atomic E-state index is -4.71. The Morgan fingerprint density at radius 1 is 1.15 bits per heavy atom. The number of Topliss-reactive ketones (excluding diaryl/α,β-unsaturated/α-hetero) is 1. The summed E-state index contributed by atoms with van der Waals surface area (Å²) in [5.41, 5.74) is 0. The molecule has 0 bridgehead atoms. The van der Waals surface area contributed by atoms with Crippen molar-refractivity contribution in [1.82, 2.24) is 0 Å². The SMILES string of the molecule is O=[C]CCCCCC(=O)C(F)(F)F. The topological polar surface area (TPSA) is 34.1 Å². The van der Waals surface area contributed by atoms with E-state index in [9.17, 15) is 22.8 Å². The number of unbranched alkanes of at least 4 members (excludes halogenated alkanes) is 3. The van der Waals surface area contributed by atoms with Crippen LogP contribution >= 0.6 is 0 Å². The zero-order chi connectivity index (χ0) is 10.3. The lowest BCUT2D eigenvalue weighted by atomic mass is 10.1. The quantitative estimate of drug-likeness (QED) is 0.608. The van der Waals surface area contributed by atoms with E-state index in [-0.39, 0.29) is 12.8 Å². The second-order valence-corrected chi connectivity index (χ2v) is 2.63. The van der Waals surface area contributed by atoms with Crippen LogP contribution in [0.2, 0.25) is 0 Å². The molecule has 2 nitrogen and oxygen atoms in total. The van der Waals surface area contributed by atoms with Crippen molar-refractivity contribution < 1.29 is 22.8 Å². The van der Waals surface area contributed by atoms with Crippen LogP contribution in [-0.2, 0) is 9.59 Å². The molecule has 0 aliphatic heterocycles. The molecule has 5 heteroatoms. The van der Waals surface area contributed by atoms with Gasteiger partial charge in [-0.05, 0) is 12.8 Å². The van der Waals surface area contributed by atoms with Gasteiger partial charge in [-0.1, -0.05) is 6.42 Å². The second kappa shape index (κ2) is 5.72. The van der Waals surface area contributed by atoms with Crippen LogP contribution < -0.4 is 0 Å². The van der Waals surface area contributed by atoms with Crippen molar-refractivity contribution in [2.45, 2.75) is 38.3 Å². The summed E-state index contributed by atoms with van der Waals surface area (Å²) in [6, 6.07) is 0. The molecule has 0 rings (SSSR count). The smallest absolute Gasteiger partial charge is 0.291 e. The number of hydrogen-bond acceptors (Lipinski definition) is 2. The first-order chi connectivity index (χ1) is 5.98. The Morgan fingerprint density at radius 3 is 2.23 bits per heavy atom. The molecule has 0 unspecified atom stereocenters. The van der Waals surface area contributed by atoms with Crippen LogP contribution in [-0.4, -0.2) is 18.2 Å². The molecule has 0 aliphatic rings. The summed E-state index contributed by atoms with van der Waals surface area (Å²) in [5, 5.41) is 0. The van der Waals surface area contributed by atoms with Gasteiger partial charge in [-0.3, -0.25) is 9.59 Å². The van der Waals surface area contributed by atoms with Gasteiger partial charge in [0.1, 0.15) is 0 Å². The van der Waals surface area contributed by atoms with Crippen LogP contribution in [0.5, 0.6) is 0 Å². The van der Waals surface area contributed by atoms with Gasteiger partial charge < -0.3 is 0 Å². The average molecular weight is 195 g/mol. The van der Waals surface area contributed by atoms with Crippen LogP contribution in [0.3, 0.4) is 0 Å². The molecule has 13 heavy (non-hydrogen) atoms. The average Bonchev–Trinajstić information content (AvgIpc) is 2.02. The molecule has 0 spiro atoms. The van der Waals surface area contributed by atoms with E-state index in [1.807, 2.05) is 0 Å². The molecule has 0 aliphatic carbocycles. The van der Waals surface area contributed by atoms with Crippen molar-refractivity contribution in [2.75, 3.05) is 0 Å². The summed E-state index contributed by atoms with van der Waals surface area (Å²) in [6.45, 7) is 0. The Morgan fingerprint density at radius 2 is 1.77 bits per heavy atom. The summed E-state index contributed by atoms with van der Waals surface area (Å²) in [4.78, 5) is 20.0. The van der Waals surface area contributed by atoms with Crippen molar-refractivity contribution in [3.8, 4) is 0 Å². The Balaban J connectivity index is 3.43. The third-order valence-corrected chi connectivity index (χ3v) is 1.50. The Labute approximate surface area is 74.1 Å². The van der Waals surface area contributed by atoms with E-state index in [0.29, 0.717) is 12.8 Å². The number of carbonyl (C=O) groups is 1. The lowest BCUT2D eigenvalue weighted by Crippen LogP contribution is -2.22. The van der Waals surface area contributed by atoms with Gasteiger partial charge in [0.25, 0.3) is 0 Å². The normalized spacial score (nSPS) is 11.3. The maximum absolute atomic E-state index is 11.6. The van der Waals surface area contributed by atoms with Crippen LogP contribution in [0.25, 0.3) is 0 Å². The number of ketones is 1. The molecule has 0 heterocycles. The highest BCUT2D eigenvalue weighted by Gasteiger charge is 2.36. The Kier molecular flexibility index (Phi) is 5.34. The van der Waals surface area contributed by atoms with Crippen LogP contribution in [0, 0.1) is 0 Å². The third-order valence-electron chi connectivity index (χ3n) is 1.50. The van der Waals surface area contributed by atoms with E-state index in [0.717, 1.165) is 0 Å². The predicted molar refractivity (Wildman–Crippen MR) is 39.8 cm³/mol. The largest absolute Gasteiger partial charge is 0.449 e. The van der Waals surface area contributed by atoms with E-state index in [1.54, 1.807) is 6.29 Å². The second-order valence-electron chi connectivity index (χ2n) is 2.63. The molecule has 0 amide bonds. The monoisotopic (exact) mass is 195 g/mol. The fourth-order valence-corrected chi connectivity index (χ4v) is 0.801. The van der Waals surface area contributed by atoms with Gasteiger partial charge in [0.2, 0.25) is 5.78 Å². The van der Waals surface area contributed by atoms with Gasteiger partial charge in [0.05, 0.1) is 0 Å². The van der Waals surface area contributed by atoms with Crippen molar-refractivity contribution >= 4 is 12.1 Å². The van der Waals surface area contributed by atoms with Gasteiger partial charge in [-0.25, -0.2) is 0 Å². The first-order valence-electron chi connectivity index (χ1n) is 3.93. The molecular formula is C8H10F3O2. The van der Waals surface area contributed by atoms with Gasteiger partial charge in [0, 0.05) is 12.8 Å². The molecule has 0 aromatic carbocycles. The van der Waals surface area contributed by atoms with Gasteiger partial charge in [-0.2, -0.15) is 13.2 Å². The third kappa shape index (κ3) is 6.31. The molecule has 0 atom stereocenters. The lowest BCUT2D eigenvalue weighted by molar-refractivity contribution is -0.171. The van der Waals surface area contributed by atoms with Crippen LogP contribution in [0.4, 0.5) is 13.2 Å². The van der Waals surface area contributed by atoms with E-state index >= 15 is 0 Å². The first-order valence-corrected chi connectivity index (χ1v) is 3.93. The highest BCUT2D eigenvalue weighted by molar-refractivity contribution is 5.83. The summed E-state index contributed by atoms with van der Waals surface area (Å²) >= 11 is 0. The Hall–Kier alpha value is -0.870. The fraction of sp³-hybridized carbons (Fsp3) is 0.750. The maximum Gasteiger partial charge on any atom is 0.449 e. The van der Waals surface area contributed by atoms with Gasteiger partial charge in [0.15, 0.2) is 6.29 Å². The number of alkyl halides is 3. The first kappa shape index (κ1) is 12.1. The van der Waals surface area contributed by atoms with E-state index in [1.165, 1.54) is 0 Å². The van der Waals surface area contributed by atoms with E-state index in [4.69, 9.17) is 0 Å². The van der Waals surface area contributed by atoms with Gasteiger partial charge >= 0.3 is 6.18 Å². The summed E-state index contributed by atoms with van der Waals surface area (Å²) in [5.74, 6) is -1.69. The fourth-order valence-electron chi connectivity index (χ4n) is 0.801. The molecule has 0 saturated carbocycles. The molecule has 0 saturated heterocycles. The highest BCUT2D eigenvalue weighted by Crippen LogP contribution is 2.19. The summed E-state index contributed by atoms with van der Waals surface area (Å²) in [6.07, 6.45) is -2.21. The number of halogens is 3. The molecule has 0 N–H and O–H groups in total. The molecule has 75 valence electrons.